The molecule has 31 heavy (non-hydrogen) atoms. The van der Waals surface area contributed by atoms with Crippen molar-refractivity contribution >= 4 is 21.8 Å². The Labute approximate surface area is 181 Å². The average molecular weight is 444 g/mol. The number of aliphatic imine (C=N–C) groups is 1. The van der Waals surface area contributed by atoms with Crippen LogP contribution in [0.2, 0.25) is 0 Å². The Morgan fingerprint density at radius 1 is 1.03 bits per heavy atom. The summed E-state index contributed by atoms with van der Waals surface area (Å²) in [6, 6.07) is 12.5. The van der Waals surface area contributed by atoms with Gasteiger partial charge >= 0.3 is 0 Å². The lowest BCUT2D eigenvalue weighted by Gasteiger charge is -2.21. The highest BCUT2D eigenvalue weighted by atomic mass is 32.2. The number of sulfonamides is 1. The molecular formula is C22H25N3O5S. The van der Waals surface area contributed by atoms with E-state index in [0.29, 0.717) is 55.6 Å². The third-order valence-corrected chi connectivity index (χ3v) is 6.52. The van der Waals surface area contributed by atoms with Crippen LogP contribution in [0.4, 0.5) is 0 Å². The lowest BCUT2D eigenvalue weighted by Crippen LogP contribution is -2.24. The van der Waals surface area contributed by atoms with Crippen molar-refractivity contribution in [2.45, 2.75) is 37.1 Å². The van der Waals surface area contributed by atoms with Crippen LogP contribution in [0.5, 0.6) is 11.5 Å². The maximum Gasteiger partial charge on any atom is 0.263 e. The fourth-order valence-corrected chi connectivity index (χ4v) is 4.82. The number of benzene rings is 2. The minimum Gasteiger partial charge on any atom is -0.486 e. The Bertz CT molecular complexity index is 1100. The van der Waals surface area contributed by atoms with E-state index >= 15 is 0 Å². The number of amides is 1. The second-order valence-corrected chi connectivity index (χ2v) is 9.01. The van der Waals surface area contributed by atoms with E-state index in [0.717, 1.165) is 24.8 Å². The second-order valence-electron chi connectivity index (χ2n) is 7.36. The zero-order chi connectivity index (χ0) is 21.7. The first-order valence-electron chi connectivity index (χ1n) is 10.4. The summed E-state index contributed by atoms with van der Waals surface area (Å²) in [7, 11) is -3.50. The number of unbranched alkanes of at least 4 members (excludes halogenated alkanes) is 2. The molecule has 1 amide bonds. The van der Waals surface area contributed by atoms with Gasteiger partial charge in [-0.1, -0.05) is 30.7 Å². The Balaban J connectivity index is 1.18. The van der Waals surface area contributed by atoms with Crippen molar-refractivity contribution in [1.82, 2.24) is 10.0 Å². The molecule has 9 heteroatoms. The number of nitrogens with one attached hydrogen (secondary N) is 2. The Morgan fingerprint density at radius 2 is 1.87 bits per heavy atom. The molecule has 0 spiro atoms. The Hall–Kier alpha value is -3.07. The predicted molar refractivity (Wildman–Crippen MR) is 116 cm³/mol. The molecule has 0 bridgehead atoms. The molecule has 0 saturated heterocycles. The summed E-state index contributed by atoms with van der Waals surface area (Å²) in [5.74, 6) is 1.80. The van der Waals surface area contributed by atoms with Gasteiger partial charge in [0.05, 0.1) is 4.90 Å². The van der Waals surface area contributed by atoms with E-state index in [1.165, 1.54) is 0 Å². The summed E-state index contributed by atoms with van der Waals surface area (Å²) in [6.07, 6.45) is 2.78. The molecule has 4 rings (SSSR count). The maximum absolute atomic E-state index is 12.1. The number of hydrogen-bond donors (Lipinski definition) is 2. The molecule has 164 valence electrons. The minimum absolute atomic E-state index is 0.0156. The number of hydrogen-bond acceptors (Lipinski definition) is 6. The van der Waals surface area contributed by atoms with Crippen LogP contribution in [0.25, 0.3) is 0 Å². The van der Waals surface area contributed by atoms with Crippen LogP contribution in [-0.4, -0.2) is 39.9 Å². The summed E-state index contributed by atoms with van der Waals surface area (Å²) in [5.41, 5.74) is 1.51. The molecule has 2 aromatic carbocycles. The van der Waals surface area contributed by atoms with Crippen LogP contribution in [0, 0.1) is 0 Å². The van der Waals surface area contributed by atoms with Crippen LogP contribution >= 0.6 is 0 Å². The van der Waals surface area contributed by atoms with E-state index in [2.05, 4.69) is 15.0 Å². The van der Waals surface area contributed by atoms with E-state index in [9.17, 15) is 13.2 Å². The predicted octanol–water partition coefficient (Wildman–Crippen LogP) is 2.37. The van der Waals surface area contributed by atoms with Gasteiger partial charge in [-0.3, -0.25) is 14.5 Å². The van der Waals surface area contributed by atoms with Gasteiger partial charge in [-0.05, 0) is 31.0 Å². The standard InChI is InChI=1S/C22H25N3O5S/c26-20(24-15-16-7-6-9-18-21(16)30-14-13-29-18)11-2-1-5-12-23-22-17-8-3-4-10-19(17)31(27,28)25-22/h3-4,6-10H,1-2,5,11-15H2,(H,23,25)(H,24,26). The van der Waals surface area contributed by atoms with Gasteiger partial charge in [-0.2, -0.15) is 0 Å². The molecule has 2 aliphatic rings. The monoisotopic (exact) mass is 443 g/mol. The zero-order valence-corrected chi connectivity index (χ0v) is 17.9. The van der Waals surface area contributed by atoms with Gasteiger partial charge in [0, 0.05) is 30.6 Å². The minimum atomic E-state index is -3.50. The van der Waals surface area contributed by atoms with Gasteiger partial charge in [0.1, 0.15) is 19.0 Å². The lowest BCUT2D eigenvalue weighted by atomic mass is 10.1. The molecule has 0 fully saturated rings. The number of nitrogens with zero attached hydrogens (tertiary/aromatic N) is 1. The summed E-state index contributed by atoms with van der Waals surface area (Å²) >= 11 is 0. The van der Waals surface area contributed by atoms with Gasteiger partial charge in [0.2, 0.25) is 5.91 Å². The van der Waals surface area contributed by atoms with Crippen LogP contribution in [-0.2, 0) is 21.4 Å². The molecule has 8 nitrogen and oxygen atoms in total. The van der Waals surface area contributed by atoms with Crippen LogP contribution in [0.15, 0.2) is 52.4 Å². The van der Waals surface area contributed by atoms with Crippen molar-refractivity contribution in [2.75, 3.05) is 19.8 Å². The molecule has 0 aromatic heterocycles. The first kappa shape index (κ1) is 21.2. The Kier molecular flexibility index (Phi) is 6.41. The molecule has 0 saturated carbocycles. The number of fused-ring (bicyclic) bond motifs is 2. The maximum atomic E-state index is 12.1. The third-order valence-electron chi connectivity index (χ3n) is 5.12. The van der Waals surface area contributed by atoms with Crippen molar-refractivity contribution in [2.24, 2.45) is 4.99 Å². The SMILES string of the molecule is O=C(CCCCCN=C1NS(=O)(=O)c2ccccc21)NCc1cccc2c1OCCO2. The zero-order valence-electron chi connectivity index (χ0n) is 17.1. The number of rotatable bonds is 8. The van der Waals surface area contributed by atoms with E-state index < -0.39 is 10.0 Å². The van der Waals surface area contributed by atoms with Crippen LogP contribution in [0.1, 0.15) is 36.8 Å². The van der Waals surface area contributed by atoms with E-state index in [4.69, 9.17) is 9.47 Å². The molecule has 0 unspecified atom stereocenters. The topological polar surface area (TPSA) is 106 Å². The largest absolute Gasteiger partial charge is 0.486 e. The van der Waals surface area contributed by atoms with Crippen LogP contribution < -0.4 is 19.5 Å². The Morgan fingerprint density at radius 3 is 2.77 bits per heavy atom. The molecule has 0 radical (unpaired) electrons. The summed E-state index contributed by atoms with van der Waals surface area (Å²) in [4.78, 5) is 16.8. The average Bonchev–Trinajstić information content (AvgIpc) is 3.05. The lowest BCUT2D eigenvalue weighted by molar-refractivity contribution is -0.121. The molecule has 0 atom stereocenters. The quantitative estimate of drug-likeness (QED) is 0.610. The van der Waals surface area contributed by atoms with Gasteiger partial charge in [-0.25, -0.2) is 8.42 Å². The first-order valence-corrected chi connectivity index (χ1v) is 11.8. The highest BCUT2D eigenvalue weighted by Gasteiger charge is 2.29. The fourth-order valence-electron chi connectivity index (χ4n) is 3.57. The van der Waals surface area contributed by atoms with Gasteiger partial charge < -0.3 is 14.8 Å². The molecule has 2 aliphatic heterocycles. The molecule has 2 heterocycles. The molecular weight excluding hydrogens is 418 g/mol. The number of carbonyl (C=O) groups is 1. The van der Waals surface area contributed by atoms with Gasteiger partial charge in [0.25, 0.3) is 10.0 Å². The normalized spacial score (nSPS) is 17.1. The van der Waals surface area contributed by atoms with Crippen molar-refractivity contribution < 1.29 is 22.7 Å². The number of ether oxygens (including phenoxy) is 2. The van der Waals surface area contributed by atoms with E-state index in [1.807, 2.05) is 18.2 Å². The van der Waals surface area contributed by atoms with Crippen molar-refractivity contribution in [1.29, 1.82) is 0 Å². The van der Waals surface area contributed by atoms with Crippen molar-refractivity contribution in [3.63, 3.8) is 0 Å². The summed E-state index contributed by atoms with van der Waals surface area (Å²) in [5, 5.41) is 2.93. The smallest absolute Gasteiger partial charge is 0.263 e. The second kappa shape index (κ2) is 9.38. The number of para-hydroxylation sites is 1. The summed E-state index contributed by atoms with van der Waals surface area (Å²) in [6.45, 7) is 1.95. The van der Waals surface area contributed by atoms with Gasteiger partial charge in [0.15, 0.2) is 11.5 Å². The molecule has 2 N–H and O–H groups in total. The van der Waals surface area contributed by atoms with Gasteiger partial charge in [-0.15, -0.1) is 0 Å². The highest BCUT2D eigenvalue weighted by molar-refractivity contribution is 7.90. The third kappa shape index (κ3) is 4.99. The van der Waals surface area contributed by atoms with E-state index in [-0.39, 0.29) is 10.8 Å². The summed E-state index contributed by atoms with van der Waals surface area (Å²) < 4.78 is 37.8. The van der Waals surface area contributed by atoms with Crippen molar-refractivity contribution in [3.05, 3.63) is 53.6 Å². The molecule has 0 aliphatic carbocycles. The number of carbonyl (C=O) groups excluding carboxylic acids is 1. The van der Waals surface area contributed by atoms with Crippen molar-refractivity contribution in [3.8, 4) is 11.5 Å². The van der Waals surface area contributed by atoms with Crippen LogP contribution in [0.3, 0.4) is 0 Å². The molecule has 2 aromatic rings. The highest BCUT2D eigenvalue weighted by Crippen LogP contribution is 2.33. The fraction of sp³-hybridized carbons (Fsp3) is 0.364. The first-order chi connectivity index (χ1) is 15.0. The number of amidine groups is 1. The van der Waals surface area contributed by atoms with E-state index in [1.54, 1.807) is 24.3 Å².